The van der Waals surface area contributed by atoms with Gasteiger partial charge >= 0.3 is 5.97 Å². The summed E-state index contributed by atoms with van der Waals surface area (Å²) in [7, 11) is 0. The molecule has 0 atom stereocenters. The van der Waals surface area contributed by atoms with Gasteiger partial charge in [0, 0.05) is 17.9 Å². The molecule has 8 heteroatoms. The molecule has 2 N–H and O–H groups in total. The molecule has 1 aromatic heterocycles. The Balaban J connectivity index is 1.98. The van der Waals surface area contributed by atoms with E-state index < -0.39 is 5.97 Å². The van der Waals surface area contributed by atoms with E-state index in [4.69, 9.17) is 16.7 Å². The largest absolute Gasteiger partial charge is 0.478 e. The number of benzene rings is 1. The van der Waals surface area contributed by atoms with Crippen molar-refractivity contribution in [1.82, 2.24) is 4.98 Å². The van der Waals surface area contributed by atoms with E-state index in [1.54, 1.807) is 6.07 Å². The van der Waals surface area contributed by atoms with Crippen molar-refractivity contribution in [2.24, 2.45) is 5.92 Å². The molecule has 2 rings (SSSR count). The van der Waals surface area contributed by atoms with Gasteiger partial charge < -0.3 is 10.4 Å². The monoisotopic (exact) mass is 417 g/mol. The fourth-order valence-electron chi connectivity index (χ4n) is 2.41. The number of thioether (sulfide) groups is 1. The number of hydrogen-bond acceptors (Lipinski definition) is 5. The van der Waals surface area contributed by atoms with Gasteiger partial charge in [0.05, 0.1) is 21.8 Å². The van der Waals surface area contributed by atoms with Gasteiger partial charge in [-0.05, 0) is 42.7 Å². The van der Waals surface area contributed by atoms with Crippen LogP contribution in [0.4, 0.5) is 5.69 Å². The summed E-state index contributed by atoms with van der Waals surface area (Å²) in [5.74, 6) is -0.516. The third-order valence-electron chi connectivity index (χ3n) is 3.71. The Morgan fingerprint density at radius 3 is 2.71 bits per heavy atom. The highest BCUT2D eigenvalue weighted by atomic mass is 35.5. The second-order valence-corrected chi connectivity index (χ2v) is 8.00. The zero-order valence-electron chi connectivity index (χ0n) is 15.5. The van der Waals surface area contributed by atoms with Gasteiger partial charge in [0.2, 0.25) is 5.91 Å². The molecule has 6 nitrogen and oxygen atoms in total. The number of carbonyl (C=O) groups is 2. The first-order chi connectivity index (χ1) is 13.3. The van der Waals surface area contributed by atoms with Crippen LogP contribution >= 0.6 is 23.4 Å². The van der Waals surface area contributed by atoms with Gasteiger partial charge in [-0.3, -0.25) is 4.79 Å². The van der Waals surface area contributed by atoms with Crippen LogP contribution in [0.2, 0.25) is 5.02 Å². The van der Waals surface area contributed by atoms with Crippen LogP contribution in [0.15, 0.2) is 35.4 Å². The number of aromatic carboxylic acids is 1. The number of aromatic nitrogens is 1. The van der Waals surface area contributed by atoms with Gasteiger partial charge in [0.25, 0.3) is 0 Å². The van der Waals surface area contributed by atoms with Gasteiger partial charge in [0.15, 0.2) is 0 Å². The van der Waals surface area contributed by atoms with E-state index in [2.05, 4.69) is 30.2 Å². The Labute approximate surface area is 172 Å². The van der Waals surface area contributed by atoms with Crippen LogP contribution in [-0.2, 0) is 11.2 Å². The molecule has 0 bridgehead atoms. The highest BCUT2D eigenvalue weighted by Crippen LogP contribution is 2.25. The molecule has 0 saturated carbocycles. The van der Waals surface area contributed by atoms with E-state index >= 15 is 0 Å². The summed E-state index contributed by atoms with van der Waals surface area (Å²) in [6, 6.07) is 9.85. The summed E-state index contributed by atoms with van der Waals surface area (Å²) in [5.41, 5.74) is 1.69. The molecule has 0 aliphatic carbocycles. The first-order valence-corrected chi connectivity index (χ1v) is 10.0. The number of amides is 1. The number of carboxylic acids is 1. The van der Waals surface area contributed by atoms with E-state index in [0.717, 1.165) is 12.1 Å². The zero-order valence-corrected chi connectivity index (χ0v) is 17.1. The summed E-state index contributed by atoms with van der Waals surface area (Å²) in [6.07, 6.45) is 0.984. The second-order valence-electron chi connectivity index (χ2n) is 6.51. The Morgan fingerprint density at radius 1 is 1.32 bits per heavy atom. The molecule has 1 amide bonds. The zero-order chi connectivity index (χ0) is 20.7. The number of pyridine rings is 1. The van der Waals surface area contributed by atoms with Gasteiger partial charge in [-0.25, -0.2) is 9.78 Å². The summed E-state index contributed by atoms with van der Waals surface area (Å²) in [4.78, 5) is 27.8. The third kappa shape index (κ3) is 6.25. The molecule has 146 valence electrons. The number of halogens is 1. The van der Waals surface area contributed by atoms with Crippen molar-refractivity contribution in [3.63, 3.8) is 0 Å². The lowest BCUT2D eigenvalue weighted by atomic mass is 10.1. The molecule has 0 saturated heterocycles. The average Bonchev–Trinajstić information content (AvgIpc) is 2.63. The number of nitrogens with one attached hydrogen (secondary N) is 1. The first-order valence-electron chi connectivity index (χ1n) is 8.65. The Hall–Kier alpha value is -2.56. The molecule has 0 aliphatic rings. The molecule has 0 radical (unpaired) electrons. The van der Waals surface area contributed by atoms with Crippen molar-refractivity contribution in [1.29, 1.82) is 5.26 Å². The number of carboxylic acid groups (broad SMARTS) is 1. The molecule has 0 aliphatic heterocycles. The van der Waals surface area contributed by atoms with Crippen LogP contribution in [0.1, 0.15) is 41.9 Å². The highest BCUT2D eigenvalue weighted by Gasteiger charge is 2.12. The fourth-order valence-corrected chi connectivity index (χ4v) is 3.51. The van der Waals surface area contributed by atoms with Crippen molar-refractivity contribution in [3.8, 4) is 6.07 Å². The number of anilines is 1. The molecule has 1 aromatic carbocycles. The van der Waals surface area contributed by atoms with E-state index in [1.807, 2.05) is 6.07 Å². The molecular weight excluding hydrogens is 398 g/mol. The van der Waals surface area contributed by atoms with Crippen LogP contribution in [0.5, 0.6) is 0 Å². The van der Waals surface area contributed by atoms with Crippen molar-refractivity contribution < 1.29 is 14.7 Å². The van der Waals surface area contributed by atoms with Crippen LogP contribution in [0, 0.1) is 17.2 Å². The fraction of sp³-hybridized carbons (Fsp3) is 0.300. The van der Waals surface area contributed by atoms with E-state index in [-0.39, 0.29) is 28.6 Å². The smallest absolute Gasteiger partial charge is 0.335 e. The quantitative estimate of drug-likeness (QED) is 0.607. The predicted molar refractivity (Wildman–Crippen MR) is 110 cm³/mol. The lowest BCUT2D eigenvalue weighted by molar-refractivity contribution is -0.115. The third-order valence-corrected chi connectivity index (χ3v) is 5.03. The van der Waals surface area contributed by atoms with Crippen molar-refractivity contribution >= 4 is 40.9 Å². The Kier molecular flexibility index (Phi) is 7.85. The number of nitriles is 1. The number of rotatable bonds is 8. The van der Waals surface area contributed by atoms with E-state index in [9.17, 15) is 14.9 Å². The maximum absolute atomic E-state index is 12.2. The van der Waals surface area contributed by atoms with Crippen LogP contribution in [0.3, 0.4) is 0 Å². The average molecular weight is 418 g/mol. The predicted octanol–water partition coefficient (Wildman–Crippen LogP) is 4.62. The van der Waals surface area contributed by atoms with E-state index in [0.29, 0.717) is 22.3 Å². The van der Waals surface area contributed by atoms with E-state index in [1.165, 1.54) is 30.0 Å². The summed E-state index contributed by atoms with van der Waals surface area (Å²) >= 11 is 7.36. The maximum Gasteiger partial charge on any atom is 0.335 e. The van der Waals surface area contributed by atoms with Crippen LogP contribution < -0.4 is 5.32 Å². The lowest BCUT2D eigenvalue weighted by Crippen LogP contribution is -2.13. The molecule has 2 aromatic rings. The normalized spacial score (nSPS) is 10.5. The van der Waals surface area contributed by atoms with Gasteiger partial charge in [0.1, 0.15) is 11.1 Å². The molecule has 1 heterocycles. The molecular formula is C20H20ClN3O3S. The molecule has 28 heavy (non-hydrogen) atoms. The Morgan fingerprint density at radius 2 is 2.07 bits per heavy atom. The first kappa shape index (κ1) is 21.7. The second kappa shape index (κ2) is 10.1. The van der Waals surface area contributed by atoms with Crippen LogP contribution in [0.25, 0.3) is 0 Å². The minimum Gasteiger partial charge on any atom is -0.478 e. The lowest BCUT2D eigenvalue weighted by Gasteiger charge is -2.09. The summed E-state index contributed by atoms with van der Waals surface area (Å²) in [6.45, 7) is 4.20. The molecule has 0 fully saturated rings. The maximum atomic E-state index is 12.2. The number of nitrogens with zero attached hydrogens (tertiary/aromatic N) is 2. The van der Waals surface area contributed by atoms with Crippen molar-refractivity contribution in [2.75, 3.05) is 11.1 Å². The molecule has 0 unspecified atom stereocenters. The van der Waals surface area contributed by atoms with Crippen LogP contribution in [-0.4, -0.2) is 27.7 Å². The number of hydrogen-bond donors (Lipinski definition) is 2. The topological polar surface area (TPSA) is 103 Å². The minimum atomic E-state index is -1.10. The summed E-state index contributed by atoms with van der Waals surface area (Å²) < 4.78 is 0. The van der Waals surface area contributed by atoms with Crippen molar-refractivity contribution in [2.45, 2.75) is 31.7 Å². The number of carbonyl (C=O) groups excluding carboxylic acids is 1. The van der Waals surface area contributed by atoms with Gasteiger partial charge in [-0.15, -0.1) is 11.8 Å². The standard InChI is InChI=1S/C20H20ClN3O3S/c1-12(2)9-15-5-3-14(11-22)19(23-15)28-8-7-18(25)24-17-10-13(20(26)27)4-6-16(17)21/h3-6,10,12H,7-9H2,1-2H3,(H,24,25)(H,26,27). The SMILES string of the molecule is CC(C)Cc1ccc(C#N)c(SCCC(=O)Nc2cc(C(=O)O)ccc2Cl)n1. The highest BCUT2D eigenvalue weighted by molar-refractivity contribution is 7.99. The summed E-state index contributed by atoms with van der Waals surface area (Å²) in [5, 5.41) is 21.8. The minimum absolute atomic E-state index is 0.0407. The van der Waals surface area contributed by atoms with Crippen molar-refractivity contribution in [3.05, 3.63) is 52.2 Å². The van der Waals surface area contributed by atoms with Gasteiger partial charge in [-0.1, -0.05) is 25.4 Å². The van der Waals surface area contributed by atoms with Gasteiger partial charge in [-0.2, -0.15) is 5.26 Å². The Bertz CT molecular complexity index is 925. The molecule has 0 spiro atoms.